The molecule has 0 spiro atoms. The zero-order valence-corrected chi connectivity index (χ0v) is 17.2. The van der Waals surface area contributed by atoms with Gasteiger partial charge in [-0.1, -0.05) is 0 Å². The zero-order valence-electron chi connectivity index (χ0n) is 14.9. The number of halogens is 3. The van der Waals surface area contributed by atoms with Crippen LogP contribution in [0.1, 0.15) is 25.3 Å². The predicted octanol–water partition coefficient (Wildman–Crippen LogP) is 2.77. The molecule has 6 nitrogen and oxygen atoms in total. The van der Waals surface area contributed by atoms with Crippen molar-refractivity contribution in [2.45, 2.75) is 32.4 Å². The molecule has 0 heterocycles. The van der Waals surface area contributed by atoms with Gasteiger partial charge in [0.05, 0.1) is 12.6 Å². The summed E-state index contributed by atoms with van der Waals surface area (Å²) in [6.07, 6.45) is 1.67. The second-order valence-electron chi connectivity index (χ2n) is 5.85. The van der Waals surface area contributed by atoms with Crippen LogP contribution in [-0.2, 0) is 11.3 Å². The fourth-order valence-corrected chi connectivity index (χ4v) is 2.44. The summed E-state index contributed by atoms with van der Waals surface area (Å²) >= 11 is 0. The quantitative estimate of drug-likeness (QED) is 0.318. The van der Waals surface area contributed by atoms with Gasteiger partial charge in [0.25, 0.3) is 0 Å². The fraction of sp³-hybridized carbons (Fsp3) is 0.529. The molecule has 1 fully saturated rings. The van der Waals surface area contributed by atoms with E-state index in [-0.39, 0.29) is 42.1 Å². The molecule has 1 unspecified atom stereocenters. The van der Waals surface area contributed by atoms with E-state index in [1.54, 1.807) is 14.0 Å². The maximum atomic E-state index is 13.6. The fourth-order valence-electron chi connectivity index (χ4n) is 2.44. The molecule has 0 saturated heterocycles. The van der Waals surface area contributed by atoms with E-state index in [2.05, 4.69) is 20.9 Å². The number of nitrogens with one attached hydrogen (secondary N) is 3. The van der Waals surface area contributed by atoms with Crippen LogP contribution in [0.5, 0.6) is 0 Å². The molecule has 1 saturated carbocycles. The molecule has 0 radical (unpaired) electrons. The molecule has 1 amide bonds. The van der Waals surface area contributed by atoms with Crippen molar-refractivity contribution in [2.75, 3.05) is 20.2 Å². The van der Waals surface area contributed by atoms with E-state index in [0.29, 0.717) is 25.0 Å². The summed E-state index contributed by atoms with van der Waals surface area (Å²) in [6.45, 7) is 2.64. The first-order chi connectivity index (χ1) is 12.0. The van der Waals surface area contributed by atoms with Crippen molar-refractivity contribution in [3.05, 3.63) is 35.4 Å². The maximum absolute atomic E-state index is 13.6. The van der Waals surface area contributed by atoms with Gasteiger partial charge in [0, 0.05) is 25.7 Å². The molecule has 3 N–H and O–H groups in total. The molecule has 146 valence electrons. The van der Waals surface area contributed by atoms with Crippen molar-refractivity contribution >= 4 is 36.0 Å². The summed E-state index contributed by atoms with van der Waals surface area (Å²) in [5.74, 6) is -0.117. The number of alkyl carbamates (subject to hydrolysis) is 1. The van der Waals surface area contributed by atoms with Crippen molar-refractivity contribution in [3.63, 3.8) is 0 Å². The maximum Gasteiger partial charge on any atom is 0.407 e. The third-order valence-electron chi connectivity index (χ3n) is 3.94. The molecule has 1 atom stereocenters. The highest BCUT2D eigenvalue weighted by Crippen LogP contribution is 2.32. The molecule has 1 aliphatic rings. The number of hydrogen-bond acceptors (Lipinski definition) is 3. The van der Waals surface area contributed by atoms with Gasteiger partial charge in [-0.15, -0.1) is 24.0 Å². The molecular weight excluding hydrogens is 457 g/mol. The summed E-state index contributed by atoms with van der Waals surface area (Å²) in [7, 11) is 1.59. The summed E-state index contributed by atoms with van der Waals surface area (Å²) in [5, 5.41) is 8.86. The number of rotatable bonds is 7. The summed E-state index contributed by atoms with van der Waals surface area (Å²) in [4.78, 5) is 15.7. The van der Waals surface area contributed by atoms with Gasteiger partial charge < -0.3 is 20.7 Å². The number of ether oxygens (including phenoxy) is 1. The molecule has 9 heteroatoms. The summed E-state index contributed by atoms with van der Waals surface area (Å²) in [6, 6.07) is 3.25. The minimum Gasteiger partial charge on any atom is -0.450 e. The molecule has 0 bridgehead atoms. The topological polar surface area (TPSA) is 74.8 Å². The average molecular weight is 482 g/mol. The van der Waals surface area contributed by atoms with Gasteiger partial charge in [0.2, 0.25) is 0 Å². The van der Waals surface area contributed by atoms with Gasteiger partial charge in [-0.2, -0.15) is 0 Å². The van der Waals surface area contributed by atoms with Crippen molar-refractivity contribution < 1.29 is 18.3 Å². The second kappa shape index (κ2) is 11.1. The van der Waals surface area contributed by atoms with Gasteiger partial charge in [-0.3, -0.25) is 4.99 Å². The average Bonchev–Trinajstić information content (AvgIpc) is 3.42. The first kappa shape index (κ1) is 22.4. The van der Waals surface area contributed by atoms with Crippen molar-refractivity contribution in [1.29, 1.82) is 0 Å². The van der Waals surface area contributed by atoms with Crippen LogP contribution in [0.2, 0.25) is 0 Å². The van der Waals surface area contributed by atoms with Crippen LogP contribution < -0.4 is 16.0 Å². The van der Waals surface area contributed by atoms with Crippen LogP contribution in [0.15, 0.2) is 23.2 Å². The standard InChI is InChI=1S/C17H24F2N4O2.HI/c1-3-25-17(24)23-15(11-4-5-11)10-22-16(20-2)21-9-12-8-13(18)6-7-14(12)19;/h6-8,11,15H,3-5,9-10H2,1-2H3,(H,23,24)(H2,20,21,22);1H. The highest BCUT2D eigenvalue weighted by Gasteiger charge is 2.32. The lowest BCUT2D eigenvalue weighted by Gasteiger charge is -2.20. The van der Waals surface area contributed by atoms with E-state index in [1.165, 1.54) is 0 Å². The van der Waals surface area contributed by atoms with E-state index in [9.17, 15) is 13.6 Å². The van der Waals surface area contributed by atoms with Gasteiger partial charge >= 0.3 is 6.09 Å². The highest BCUT2D eigenvalue weighted by atomic mass is 127. The normalized spacial score (nSPS) is 14.8. The number of benzene rings is 1. The van der Waals surface area contributed by atoms with Crippen LogP contribution in [0, 0.1) is 17.6 Å². The van der Waals surface area contributed by atoms with Crippen LogP contribution in [0.3, 0.4) is 0 Å². The van der Waals surface area contributed by atoms with E-state index >= 15 is 0 Å². The smallest absolute Gasteiger partial charge is 0.407 e. The number of amides is 1. The van der Waals surface area contributed by atoms with Crippen LogP contribution in [-0.4, -0.2) is 38.3 Å². The van der Waals surface area contributed by atoms with Gasteiger partial charge in [0.15, 0.2) is 5.96 Å². The van der Waals surface area contributed by atoms with Gasteiger partial charge in [0.1, 0.15) is 11.6 Å². The number of aliphatic imine (C=N–C) groups is 1. The molecule has 2 rings (SSSR count). The highest BCUT2D eigenvalue weighted by molar-refractivity contribution is 14.0. The molecule has 26 heavy (non-hydrogen) atoms. The summed E-state index contributed by atoms with van der Waals surface area (Å²) < 4.78 is 31.7. The molecule has 0 aliphatic heterocycles. The minimum atomic E-state index is -0.492. The molecule has 1 aromatic rings. The number of hydrogen-bond donors (Lipinski definition) is 3. The predicted molar refractivity (Wildman–Crippen MR) is 107 cm³/mol. The molecule has 1 aromatic carbocycles. The lowest BCUT2D eigenvalue weighted by Crippen LogP contribution is -2.48. The molecular formula is C17H25F2IN4O2. The Labute approximate surface area is 169 Å². The third kappa shape index (κ3) is 7.30. The molecule has 0 aromatic heterocycles. The lowest BCUT2D eigenvalue weighted by atomic mass is 10.2. The van der Waals surface area contributed by atoms with Crippen molar-refractivity contribution in [1.82, 2.24) is 16.0 Å². The van der Waals surface area contributed by atoms with E-state index in [0.717, 1.165) is 31.0 Å². The second-order valence-corrected chi connectivity index (χ2v) is 5.85. The van der Waals surface area contributed by atoms with Gasteiger partial charge in [-0.05, 0) is 43.9 Å². The first-order valence-corrected chi connectivity index (χ1v) is 8.35. The van der Waals surface area contributed by atoms with Gasteiger partial charge in [-0.25, -0.2) is 13.6 Å². The Morgan fingerprint density at radius 2 is 2.08 bits per heavy atom. The Balaban J connectivity index is 0.00000338. The Morgan fingerprint density at radius 3 is 2.69 bits per heavy atom. The first-order valence-electron chi connectivity index (χ1n) is 8.35. The van der Waals surface area contributed by atoms with Crippen LogP contribution in [0.4, 0.5) is 13.6 Å². The lowest BCUT2D eigenvalue weighted by molar-refractivity contribution is 0.146. The van der Waals surface area contributed by atoms with Crippen molar-refractivity contribution in [2.24, 2.45) is 10.9 Å². The van der Waals surface area contributed by atoms with Crippen LogP contribution >= 0.6 is 24.0 Å². The Hall–Kier alpha value is -1.65. The Kier molecular flexibility index (Phi) is 9.60. The third-order valence-corrected chi connectivity index (χ3v) is 3.94. The van der Waals surface area contributed by atoms with E-state index in [1.807, 2.05) is 0 Å². The monoisotopic (exact) mass is 482 g/mol. The van der Waals surface area contributed by atoms with E-state index in [4.69, 9.17) is 4.74 Å². The number of guanidine groups is 1. The number of carbonyl (C=O) groups excluding carboxylic acids is 1. The Morgan fingerprint density at radius 1 is 1.35 bits per heavy atom. The number of carbonyl (C=O) groups is 1. The van der Waals surface area contributed by atoms with E-state index < -0.39 is 17.7 Å². The van der Waals surface area contributed by atoms with Crippen molar-refractivity contribution in [3.8, 4) is 0 Å². The number of nitrogens with zero attached hydrogens (tertiary/aromatic N) is 1. The summed E-state index contributed by atoms with van der Waals surface area (Å²) in [5.41, 5.74) is 0.214. The SMILES string of the molecule is CCOC(=O)NC(CNC(=NC)NCc1cc(F)ccc1F)C1CC1.I. The Bertz CT molecular complexity index is 627. The van der Waals surface area contributed by atoms with Crippen LogP contribution in [0.25, 0.3) is 0 Å². The largest absolute Gasteiger partial charge is 0.450 e. The minimum absolute atomic E-state index is 0. The molecule has 1 aliphatic carbocycles. The zero-order chi connectivity index (χ0) is 18.2.